The lowest BCUT2D eigenvalue weighted by molar-refractivity contribution is 0.0688. The Labute approximate surface area is 111 Å². The summed E-state index contributed by atoms with van der Waals surface area (Å²) in [6.45, 7) is 2.78. The minimum Gasteiger partial charge on any atom is -0.476 e. The Morgan fingerprint density at radius 3 is 2.37 bits per heavy atom. The Hall–Kier alpha value is -1.98. The number of carbonyl (C=O) groups is 2. The second kappa shape index (κ2) is 5.34. The maximum absolute atomic E-state index is 11.9. The lowest BCUT2D eigenvalue weighted by Crippen LogP contribution is -2.41. The van der Waals surface area contributed by atoms with Crippen molar-refractivity contribution in [3.05, 3.63) is 23.8 Å². The van der Waals surface area contributed by atoms with Crippen molar-refractivity contribution in [1.82, 2.24) is 15.3 Å². The Kier molecular flexibility index (Phi) is 3.78. The van der Waals surface area contributed by atoms with Gasteiger partial charge in [0.1, 0.15) is 5.69 Å². The number of hydrogen-bond donors (Lipinski definition) is 2. The molecule has 1 aromatic rings. The molecule has 0 radical (unpaired) electrons. The van der Waals surface area contributed by atoms with Crippen LogP contribution >= 0.6 is 0 Å². The monoisotopic (exact) mass is 263 g/mol. The minimum atomic E-state index is -1.15. The summed E-state index contributed by atoms with van der Waals surface area (Å²) in [5.41, 5.74) is 0.223. The summed E-state index contributed by atoms with van der Waals surface area (Å²) >= 11 is 0. The summed E-state index contributed by atoms with van der Waals surface area (Å²) in [5.74, 6) is -1.46. The molecule has 1 aliphatic rings. The summed E-state index contributed by atoms with van der Waals surface area (Å²) in [4.78, 5) is 30.0. The highest BCUT2D eigenvalue weighted by molar-refractivity contribution is 5.92. The molecule has 0 unspecified atom stereocenters. The van der Waals surface area contributed by atoms with E-state index < -0.39 is 5.97 Å². The van der Waals surface area contributed by atoms with E-state index in [9.17, 15) is 9.59 Å². The molecule has 0 saturated heterocycles. The van der Waals surface area contributed by atoms with Crippen molar-refractivity contribution in [3.63, 3.8) is 0 Å². The standard InChI is InChI=1S/C13H17N3O3/c1-2-13(4-3-5-13)8-16-11(17)9-6-15-10(7-14-9)12(18)19/h6-7H,2-5,8H2,1H3,(H,16,17)(H,18,19). The number of aromatic carboxylic acids is 1. The van der Waals surface area contributed by atoms with Crippen LogP contribution in [0.5, 0.6) is 0 Å². The van der Waals surface area contributed by atoms with Crippen molar-refractivity contribution in [1.29, 1.82) is 0 Å². The molecule has 6 heteroatoms. The fraction of sp³-hybridized carbons (Fsp3) is 0.538. The van der Waals surface area contributed by atoms with E-state index in [2.05, 4.69) is 22.2 Å². The normalized spacial score (nSPS) is 16.5. The van der Waals surface area contributed by atoms with Crippen LogP contribution in [-0.4, -0.2) is 33.5 Å². The lowest BCUT2D eigenvalue weighted by Gasteiger charge is -2.41. The molecule has 1 saturated carbocycles. The van der Waals surface area contributed by atoms with Crippen LogP contribution in [0.3, 0.4) is 0 Å². The first-order valence-electron chi connectivity index (χ1n) is 6.40. The molecule has 2 N–H and O–H groups in total. The molecule has 1 aliphatic carbocycles. The third-order valence-electron chi connectivity index (χ3n) is 3.89. The van der Waals surface area contributed by atoms with Crippen LogP contribution in [0.15, 0.2) is 12.4 Å². The van der Waals surface area contributed by atoms with Gasteiger partial charge in [0.05, 0.1) is 12.4 Å². The summed E-state index contributed by atoms with van der Waals surface area (Å²) in [5, 5.41) is 11.5. The molecule has 0 atom stereocenters. The zero-order chi connectivity index (χ0) is 13.9. The average Bonchev–Trinajstić information content (AvgIpc) is 2.38. The van der Waals surface area contributed by atoms with Gasteiger partial charge in [-0.2, -0.15) is 0 Å². The molecule has 2 rings (SSSR count). The predicted octanol–water partition coefficient (Wildman–Crippen LogP) is 1.48. The molecule has 0 aromatic carbocycles. The molecule has 6 nitrogen and oxygen atoms in total. The number of amides is 1. The third kappa shape index (κ3) is 2.89. The predicted molar refractivity (Wildman–Crippen MR) is 67.9 cm³/mol. The molecular formula is C13H17N3O3. The first-order valence-corrected chi connectivity index (χ1v) is 6.40. The third-order valence-corrected chi connectivity index (χ3v) is 3.89. The highest BCUT2D eigenvalue weighted by Crippen LogP contribution is 2.43. The SMILES string of the molecule is CCC1(CNC(=O)c2cnc(C(=O)O)cn2)CCC1. The highest BCUT2D eigenvalue weighted by Gasteiger charge is 2.35. The topological polar surface area (TPSA) is 92.2 Å². The fourth-order valence-corrected chi connectivity index (χ4v) is 2.25. The Morgan fingerprint density at radius 2 is 1.95 bits per heavy atom. The van der Waals surface area contributed by atoms with Gasteiger partial charge in [0.25, 0.3) is 5.91 Å². The van der Waals surface area contributed by atoms with E-state index in [-0.39, 0.29) is 22.7 Å². The van der Waals surface area contributed by atoms with Gasteiger partial charge < -0.3 is 10.4 Å². The smallest absolute Gasteiger partial charge is 0.356 e. The van der Waals surface area contributed by atoms with Crippen LogP contribution in [0.4, 0.5) is 0 Å². The number of rotatable bonds is 5. The Balaban J connectivity index is 1.94. The highest BCUT2D eigenvalue weighted by atomic mass is 16.4. The quantitative estimate of drug-likeness (QED) is 0.839. The van der Waals surface area contributed by atoms with Gasteiger partial charge in [-0.3, -0.25) is 4.79 Å². The van der Waals surface area contributed by atoms with Crippen molar-refractivity contribution < 1.29 is 14.7 Å². The lowest BCUT2D eigenvalue weighted by atomic mass is 9.67. The van der Waals surface area contributed by atoms with Crippen molar-refractivity contribution in [2.75, 3.05) is 6.54 Å². The van der Waals surface area contributed by atoms with Gasteiger partial charge in [-0.15, -0.1) is 0 Å². The van der Waals surface area contributed by atoms with Gasteiger partial charge in [0.15, 0.2) is 5.69 Å². The van der Waals surface area contributed by atoms with Crippen molar-refractivity contribution in [3.8, 4) is 0 Å². The van der Waals surface area contributed by atoms with E-state index in [1.807, 2.05) is 0 Å². The number of nitrogens with one attached hydrogen (secondary N) is 1. The van der Waals surface area contributed by atoms with E-state index in [1.165, 1.54) is 12.6 Å². The van der Waals surface area contributed by atoms with E-state index in [1.54, 1.807) is 0 Å². The summed E-state index contributed by atoms with van der Waals surface area (Å²) in [6.07, 6.45) is 6.85. The van der Waals surface area contributed by atoms with Crippen LogP contribution in [0.25, 0.3) is 0 Å². The van der Waals surface area contributed by atoms with Crippen LogP contribution in [-0.2, 0) is 0 Å². The number of carboxylic acids is 1. The molecule has 102 valence electrons. The van der Waals surface area contributed by atoms with E-state index in [4.69, 9.17) is 5.11 Å². The van der Waals surface area contributed by atoms with Crippen LogP contribution in [0.1, 0.15) is 53.6 Å². The molecule has 19 heavy (non-hydrogen) atoms. The van der Waals surface area contributed by atoms with Crippen molar-refractivity contribution in [2.24, 2.45) is 5.41 Å². The number of carbonyl (C=O) groups excluding carboxylic acids is 1. The molecule has 0 spiro atoms. The van der Waals surface area contributed by atoms with Gasteiger partial charge in [-0.25, -0.2) is 14.8 Å². The van der Waals surface area contributed by atoms with Gasteiger partial charge in [0.2, 0.25) is 0 Å². The molecule has 0 bridgehead atoms. The first-order chi connectivity index (χ1) is 9.06. The number of nitrogens with zero attached hydrogens (tertiary/aromatic N) is 2. The number of hydrogen-bond acceptors (Lipinski definition) is 4. The second-order valence-corrected chi connectivity index (χ2v) is 4.98. The fourth-order valence-electron chi connectivity index (χ4n) is 2.25. The molecule has 0 aliphatic heterocycles. The van der Waals surface area contributed by atoms with Crippen LogP contribution in [0, 0.1) is 5.41 Å². The summed E-state index contributed by atoms with van der Waals surface area (Å²) in [7, 11) is 0. The van der Waals surface area contributed by atoms with Gasteiger partial charge in [-0.1, -0.05) is 13.3 Å². The average molecular weight is 263 g/mol. The first kappa shape index (κ1) is 13.5. The molecule has 1 aromatic heterocycles. The number of carboxylic acid groups (broad SMARTS) is 1. The summed E-state index contributed by atoms with van der Waals surface area (Å²) < 4.78 is 0. The van der Waals surface area contributed by atoms with Crippen LogP contribution < -0.4 is 5.32 Å². The van der Waals surface area contributed by atoms with E-state index in [0.29, 0.717) is 6.54 Å². The molecular weight excluding hydrogens is 246 g/mol. The van der Waals surface area contributed by atoms with Crippen molar-refractivity contribution in [2.45, 2.75) is 32.6 Å². The van der Waals surface area contributed by atoms with E-state index >= 15 is 0 Å². The van der Waals surface area contributed by atoms with Gasteiger partial charge in [0, 0.05) is 6.54 Å². The number of aromatic nitrogens is 2. The van der Waals surface area contributed by atoms with E-state index in [0.717, 1.165) is 25.5 Å². The van der Waals surface area contributed by atoms with Gasteiger partial charge in [-0.05, 0) is 24.7 Å². The maximum atomic E-state index is 11.9. The Morgan fingerprint density at radius 1 is 1.32 bits per heavy atom. The minimum absolute atomic E-state index is 0.149. The zero-order valence-electron chi connectivity index (χ0n) is 10.8. The second-order valence-electron chi connectivity index (χ2n) is 4.98. The molecule has 1 fully saturated rings. The van der Waals surface area contributed by atoms with Crippen LogP contribution in [0.2, 0.25) is 0 Å². The molecule has 1 heterocycles. The van der Waals surface area contributed by atoms with Crippen molar-refractivity contribution >= 4 is 11.9 Å². The zero-order valence-corrected chi connectivity index (χ0v) is 10.8. The van der Waals surface area contributed by atoms with Gasteiger partial charge >= 0.3 is 5.97 Å². The molecule has 1 amide bonds. The summed E-state index contributed by atoms with van der Waals surface area (Å²) in [6, 6.07) is 0. The largest absolute Gasteiger partial charge is 0.476 e. The Bertz CT molecular complexity index is 475. The maximum Gasteiger partial charge on any atom is 0.356 e.